The van der Waals surface area contributed by atoms with Crippen molar-refractivity contribution in [3.05, 3.63) is 0 Å². The lowest BCUT2D eigenvalue weighted by Gasteiger charge is -2.17. The molecule has 0 spiro atoms. The SMILES string of the molecule is CCCC(NC(=O)C1OC1C(C)=O)C(=O)NCCC(C)C. The van der Waals surface area contributed by atoms with E-state index < -0.39 is 18.2 Å². The molecule has 0 aromatic heterocycles. The average molecular weight is 298 g/mol. The number of carbonyl (C=O) groups is 3. The third-order valence-electron chi connectivity index (χ3n) is 3.38. The maximum atomic E-state index is 12.1. The van der Waals surface area contributed by atoms with Gasteiger partial charge in [-0.05, 0) is 25.7 Å². The average Bonchev–Trinajstić information content (AvgIpc) is 3.17. The number of carbonyl (C=O) groups excluding carboxylic acids is 3. The molecule has 3 atom stereocenters. The minimum absolute atomic E-state index is 0.163. The highest BCUT2D eigenvalue weighted by molar-refractivity contribution is 5.96. The van der Waals surface area contributed by atoms with Gasteiger partial charge in [0.1, 0.15) is 6.04 Å². The second-order valence-electron chi connectivity index (χ2n) is 5.91. The number of hydrogen-bond donors (Lipinski definition) is 2. The van der Waals surface area contributed by atoms with Crippen molar-refractivity contribution in [3.63, 3.8) is 0 Å². The highest BCUT2D eigenvalue weighted by atomic mass is 16.6. The highest BCUT2D eigenvalue weighted by Gasteiger charge is 2.48. The van der Waals surface area contributed by atoms with Crippen molar-refractivity contribution in [2.45, 2.75) is 65.2 Å². The summed E-state index contributed by atoms with van der Waals surface area (Å²) in [5, 5.41) is 5.51. The zero-order valence-corrected chi connectivity index (χ0v) is 13.3. The first-order chi connectivity index (χ1) is 9.86. The van der Waals surface area contributed by atoms with Gasteiger partial charge in [0.25, 0.3) is 5.91 Å². The summed E-state index contributed by atoms with van der Waals surface area (Å²) in [5.41, 5.74) is 0. The van der Waals surface area contributed by atoms with Crippen molar-refractivity contribution in [1.82, 2.24) is 10.6 Å². The zero-order chi connectivity index (χ0) is 16.0. The van der Waals surface area contributed by atoms with E-state index in [1.54, 1.807) is 0 Å². The van der Waals surface area contributed by atoms with Crippen LogP contribution in [0.1, 0.15) is 47.0 Å². The molecule has 1 aliphatic rings. The molecule has 0 radical (unpaired) electrons. The van der Waals surface area contributed by atoms with Gasteiger partial charge in [0.15, 0.2) is 18.0 Å². The summed E-state index contributed by atoms with van der Waals surface area (Å²) >= 11 is 0. The lowest BCUT2D eigenvalue weighted by atomic mass is 10.1. The van der Waals surface area contributed by atoms with Crippen LogP contribution in [0.2, 0.25) is 0 Å². The molecule has 0 aromatic rings. The Morgan fingerprint density at radius 3 is 2.29 bits per heavy atom. The number of nitrogens with one attached hydrogen (secondary N) is 2. The first-order valence-electron chi connectivity index (χ1n) is 7.60. The maximum absolute atomic E-state index is 12.1. The van der Waals surface area contributed by atoms with Crippen molar-refractivity contribution in [1.29, 1.82) is 0 Å². The van der Waals surface area contributed by atoms with E-state index >= 15 is 0 Å². The topological polar surface area (TPSA) is 87.8 Å². The Bertz CT molecular complexity index is 395. The summed E-state index contributed by atoms with van der Waals surface area (Å²) in [5.74, 6) is -0.206. The van der Waals surface area contributed by atoms with Gasteiger partial charge in [-0.25, -0.2) is 0 Å². The van der Waals surface area contributed by atoms with Crippen LogP contribution in [0.25, 0.3) is 0 Å². The van der Waals surface area contributed by atoms with Crippen molar-refractivity contribution >= 4 is 17.6 Å². The van der Waals surface area contributed by atoms with E-state index in [4.69, 9.17) is 4.74 Å². The van der Waals surface area contributed by atoms with Gasteiger partial charge in [-0.3, -0.25) is 14.4 Å². The minimum Gasteiger partial charge on any atom is -0.354 e. The monoisotopic (exact) mass is 298 g/mol. The van der Waals surface area contributed by atoms with E-state index in [0.717, 1.165) is 12.8 Å². The fraction of sp³-hybridized carbons (Fsp3) is 0.800. The second kappa shape index (κ2) is 8.12. The van der Waals surface area contributed by atoms with Crippen LogP contribution in [-0.2, 0) is 19.1 Å². The highest BCUT2D eigenvalue weighted by Crippen LogP contribution is 2.23. The van der Waals surface area contributed by atoms with E-state index in [2.05, 4.69) is 24.5 Å². The number of rotatable bonds is 9. The Morgan fingerprint density at radius 2 is 1.81 bits per heavy atom. The molecule has 0 aromatic carbocycles. The number of epoxide rings is 1. The smallest absolute Gasteiger partial charge is 0.253 e. The van der Waals surface area contributed by atoms with Crippen molar-refractivity contribution in [2.75, 3.05) is 6.54 Å². The van der Waals surface area contributed by atoms with Gasteiger partial charge in [0.2, 0.25) is 5.91 Å². The molecule has 0 saturated carbocycles. The summed E-state index contributed by atoms with van der Waals surface area (Å²) in [6, 6.07) is -0.563. The molecule has 1 heterocycles. The first kappa shape index (κ1) is 17.6. The molecule has 3 unspecified atom stereocenters. The van der Waals surface area contributed by atoms with Crippen LogP contribution >= 0.6 is 0 Å². The molecule has 0 aliphatic carbocycles. The molecule has 6 heteroatoms. The fourth-order valence-corrected chi connectivity index (χ4v) is 2.04. The Balaban J connectivity index is 2.43. The van der Waals surface area contributed by atoms with Gasteiger partial charge >= 0.3 is 0 Å². The molecule has 21 heavy (non-hydrogen) atoms. The molecule has 1 rings (SSSR count). The standard InChI is InChI=1S/C15H26N2O4/c1-5-6-11(14(19)16-8-7-9(2)3)17-15(20)13-12(21-13)10(4)18/h9,11-13H,5-8H2,1-4H3,(H,16,19)(H,17,20). The van der Waals surface area contributed by atoms with Crippen LogP contribution in [0.3, 0.4) is 0 Å². The molecule has 1 aliphatic heterocycles. The minimum atomic E-state index is -0.731. The van der Waals surface area contributed by atoms with E-state index in [1.165, 1.54) is 6.92 Å². The fourth-order valence-electron chi connectivity index (χ4n) is 2.04. The lowest BCUT2D eigenvalue weighted by Crippen LogP contribution is -2.48. The Kier molecular flexibility index (Phi) is 6.81. The summed E-state index contributed by atoms with van der Waals surface area (Å²) < 4.78 is 5.02. The second-order valence-corrected chi connectivity index (χ2v) is 5.91. The van der Waals surface area contributed by atoms with E-state index in [-0.39, 0.29) is 17.6 Å². The zero-order valence-electron chi connectivity index (χ0n) is 13.3. The molecule has 2 N–H and O–H groups in total. The van der Waals surface area contributed by atoms with Gasteiger partial charge in [-0.1, -0.05) is 27.2 Å². The number of ketones is 1. The summed E-state index contributed by atoms with van der Waals surface area (Å²) in [6.07, 6.45) is 0.874. The van der Waals surface area contributed by atoms with Crippen molar-refractivity contribution in [2.24, 2.45) is 5.92 Å². The Labute approximate surface area is 126 Å². The van der Waals surface area contributed by atoms with Gasteiger partial charge in [0, 0.05) is 6.54 Å². The molecule has 6 nitrogen and oxygen atoms in total. The third-order valence-corrected chi connectivity index (χ3v) is 3.38. The lowest BCUT2D eigenvalue weighted by molar-refractivity contribution is -0.129. The van der Waals surface area contributed by atoms with Gasteiger partial charge in [-0.15, -0.1) is 0 Å². The number of hydrogen-bond acceptors (Lipinski definition) is 4. The summed E-state index contributed by atoms with van der Waals surface area (Å²) in [7, 11) is 0. The summed E-state index contributed by atoms with van der Waals surface area (Å²) in [6.45, 7) is 8.11. The number of Topliss-reactive ketones (excluding diaryl/α,β-unsaturated/α-hetero) is 1. The summed E-state index contributed by atoms with van der Waals surface area (Å²) in [4.78, 5) is 35.1. The molecule has 0 bridgehead atoms. The van der Waals surface area contributed by atoms with Gasteiger partial charge in [0.05, 0.1) is 0 Å². The maximum Gasteiger partial charge on any atom is 0.253 e. The van der Waals surface area contributed by atoms with Crippen molar-refractivity contribution < 1.29 is 19.1 Å². The van der Waals surface area contributed by atoms with Crippen molar-refractivity contribution in [3.8, 4) is 0 Å². The quantitative estimate of drug-likeness (QED) is 0.616. The predicted octanol–water partition coefficient (Wildman–Crippen LogP) is 0.790. The molecular weight excluding hydrogens is 272 g/mol. The van der Waals surface area contributed by atoms with Crippen LogP contribution in [0, 0.1) is 5.92 Å². The molecule has 1 saturated heterocycles. The van der Waals surface area contributed by atoms with E-state index in [1.807, 2.05) is 6.92 Å². The van der Waals surface area contributed by atoms with Crippen LogP contribution in [0.5, 0.6) is 0 Å². The number of amides is 2. The Hall–Kier alpha value is -1.43. The van der Waals surface area contributed by atoms with Crippen LogP contribution < -0.4 is 10.6 Å². The van der Waals surface area contributed by atoms with E-state index in [9.17, 15) is 14.4 Å². The molecule has 2 amide bonds. The predicted molar refractivity (Wildman–Crippen MR) is 78.6 cm³/mol. The molecular formula is C15H26N2O4. The largest absolute Gasteiger partial charge is 0.354 e. The van der Waals surface area contributed by atoms with Crippen LogP contribution in [0.4, 0.5) is 0 Å². The molecule has 120 valence electrons. The molecule has 1 fully saturated rings. The van der Waals surface area contributed by atoms with Crippen LogP contribution in [-0.4, -0.2) is 42.4 Å². The number of ether oxygens (including phenoxy) is 1. The Morgan fingerprint density at radius 1 is 1.14 bits per heavy atom. The van der Waals surface area contributed by atoms with Crippen LogP contribution in [0.15, 0.2) is 0 Å². The first-order valence-corrected chi connectivity index (χ1v) is 7.60. The van der Waals surface area contributed by atoms with Gasteiger partial charge < -0.3 is 15.4 Å². The third kappa shape index (κ3) is 5.83. The normalized spacial score (nSPS) is 21.8. The van der Waals surface area contributed by atoms with Gasteiger partial charge in [-0.2, -0.15) is 0 Å². The van der Waals surface area contributed by atoms with E-state index in [0.29, 0.717) is 18.9 Å².